The molecule has 166 valence electrons. The number of hydrogen-bond acceptors (Lipinski definition) is 6. The lowest BCUT2D eigenvalue weighted by atomic mass is 10.2. The second-order valence-corrected chi connectivity index (χ2v) is 8.06. The molecular weight excluding hydrogens is 398 g/mol. The number of aromatic nitrogens is 4. The first-order valence-electron chi connectivity index (χ1n) is 10.7. The van der Waals surface area contributed by atoms with Crippen LogP contribution in [-0.4, -0.2) is 49.6 Å². The van der Waals surface area contributed by atoms with Gasteiger partial charge in [-0.25, -0.2) is 4.79 Å². The van der Waals surface area contributed by atoms with E-state index >= 15 is 0 Å². The van der Waals surface area contributed by atoms with E-state index in [1.807, 2.05) is 24.3 Å². The van der Waals surface area contributed by atoms with Gasteiger partial charge in [0.25, 0.3) is 5.56 Å². The molecule has 1 aliphatic heterocycles. The zero-order valence-corrected chi connectivity index (χ0v) is 18.2. The molecule has 3 aromatic rings. The van der Waals surface area contributed by atoms with Gasteiger partial charge < -0.3 is 19.3 Å². The number of aliphatic hydroxyl groups is 1. The lowest BCUT2D eigenvalue weighted by Gasteiger charge is -2.20. The number of imidazole rings is 1. The van der Waals surface area contributed by atoms with E-state index in [4.69, 9.17) is 4.74 Å². The summed E-state index contributed by atoms with van der Waals surface area (Å²) in [7, 11) is 3.06. The maximum absolute atomic E-state index is 12.9. The summed E-state index contributed by atoms with van der Waals surface area (Å²) < 4.78 is 9.99. The molecule has 9 heteroatoms. The minimum Gasteiger partial charge on any atom is -0.491 e. The summed E-state index contributed by atoms with van der Waals surface area (Å²) in [5.41, 5.74) is 0.972. The van der Waals surface area contributed by atoms with Crippen LogP contribution in [0.25, 0.3) is 11.2 Å². The first-order valence-corrected chi connectivity index (χ1v) is 10.7. The third kappa shape index (κ3) is 3.97. The lowest BCUT2D eigenvalue weighted by molar-refractivity contribution is 0.0936. The molecule has 0 spiro atoms. The molecule has 0 bridgehead atoms. The minimum atomic E-state index is -0.856. The molecular formula is C22H29N5O4. The van der Waals surface area contributed by atoms with Gasteiger partial charge >= 0.3 is 5.69 Å². The Morgan fingerprint density at radius 2 is 1.90 bits per heavy atom. The van der Waals surface area contributed by atoms with Crippen molar-refractivity contribution in [1.82, 2.24) is 18.7 Å². The highest BCUT2D eigenvalue weighted by atomic mass is 16.5. The summed E-state index contributed by atoms with van der Waals surface area (Å²) in [6.45, 7) is 3.95. The van der Waals surface area contributed by atoms with Gasteiger partial charge in [0.05, 0.1) is 6.54 Å². The summed E-state index contributed by atoms with van der Waals surface area (Å²) in [5, 5.41) is 10.8. The van der Waals surface area contributed by atoms with Crippen LogP contribution >= 0.6 is 0 Å². The van der Waals surface area contributed by atoms with Crippen molar-refractivity contribution in [3.8, 4) is 5.75 Å². The maximum atomic E-state index is 12.9. The first kappa shape index (κ1) is 21.2. The number of hydrogen-bond donors (Lipinski definition) is 1. The number of fused-ring (bicyclic) bond motifs is 1. The fraction of sp³-hybridized carbons (Fsp3) is 0.500. The Balaban J connectivity index is 1.67. The molecule has 0 saturated carbocycles. The van der Waals surface area contributed by atoms with Gasteiger partial charge in [-0.15, -0.1) is 0 Å². The van der Waals surface area contributed by atoms with E-state index in [9.17, 15) is 14.7 Å². The number of aliphatic hydroxyl groups excluding tert-OH is 1. The predicted octanol–water partition coefficient (Wildman–Crippen LogP) is 1.04. The Labute approximate surface area is 180 Å². The van der Waals surface area contributed by atoms with Crippen molar-refractivity contribution in [3.05, 3.63) is 50.7 Å². The van der Waals surface area contributed by atoms with Crippen molar-refractivity contribution < 1.29 is 9.84 Å². The normalized spacial score (nSPS) is 15.0. The highest BCUT2D eigenvalue weighted by molar-refractivity contribution is 5.74. The van der Waals surface area contributed by atoms with Crippen LogP contribution in [-0.2, 0) is 27.1 Å². The SMILES string of the molecule is CCc1cccc(OC[C@H](O)Cn2c(N3CCCC3)nc3c2c(=O)n(C)c(=O)n3C)c1. The first-order chi connectivity index (χ1) is 14.9. The fourth-order valence-electron chi connectivity index (χ4n) is 4.08. The molecule has 0 amide bonds. The molecule has 4 rings (SSSR count). The van der Waals surface area contributed by atoms with E-state index in [-0.39, 0.29) is 13.2 Å². The van der Waals surface area contributed by atoms with Crippen molar-refractivity contribution in [2.75, 3.05) is 24.6 Å². The van der Waals surface area contributed by atoms with Gasteiger partial charge in [-0.3, -0.25) is 13.9 Å². The van der Waals surface area contributed by atoms with Gasteiger partial charge in [0.1, 0.15) is 18.5 Å². The van der Waals surface area contributed by atoms with Crippen LogP contribution in [0.3, 0.4) is 0 Å². The second-order valence-electron chi connectivity index (χ2n) is 8.06. The standard InChI is InChI=1S/C22H29N5O4/c1-4-15-8-7-9-17(12-15)31-14-16(28)13-27-18-19(23-21(27)26-10-5-6-11-26)24(2)22(30)25(3)20(18)29/h7-9,12,16,28H,4-6,10-11,13-14H2,1-3H3/t16-/m1/s1. The van der Waals surface area contributed by atoms with E-state index in [1.54, 1.807) is 11.6 Å². The largest absolute Gasteiger partial charge is 0.491 e. The molecule has 0 radical (unpaired) electrons. The Morgan fingerprint density at radius 3 is 2.61 bits per heavy atom. The molecule has 1 saturated heterocycles. The van der Waals surface area contributed by atoms with Crippen LogP contribution in [0.15, 0.2) is 33.9 Å². The van der Waals surface area contributed by atoms with Crippen LogP contribution in [0.2, 0.25) is 0 Å². The van der Waals surface area contributed by atoms with Gasteiger partial charge in [-0.05, 0) is 37.0 Å². The number of rotatable bonds is 7. The fourth-order valence-corrected chi connectivity index (χ4v) is 4.08. The van der Waals surface area contributed by atoms with Crippen molar-refractivity contribution in [3.63, 3.8) is 0 Å². The van der Waals surface area contributed by atoms with Gasteiger partial charge in [-0.1, -0.05) is 19.1 Å². The quantitative estimate of drug-likeness (QED) is 0.605. The Morgan fingerprint density at radius 1 is 1.16 bits per heavy atom. The molecule has 9 nitrogen and oxygen atoms in total. The molecule has 3 heterocycles. The third-order valence-corrected chi connectivity index (χ3v) is 5.86. The molecule has 1 atom stereocenters. The van der Waals surface area contributed by atoms with Crippen molar-refractivity contribution in [2.24, 2.45) is 14.1 Å². The molecule has 1 aliphatic rings. The predicted molar refractivity (Wildman–Crippen MR) is 119 cm³/mol. The van der Waals surface area contributed by atoms with Crippen LogP contribution in [0.1, 0.15) is 25.3 Å². The lowest BCUT2D eigenvalue weighted by Crippen LogP contribution is -2.38. The third-order valence-electron chi connectivity index (χ3n) is 5.86. The number of anilines is 1. The minimum absolute atomic E-state index is 0.0817. The maximum Gasteiger partial charge on any atom is 0.332 e. The molecule has 0 aliphatic carbocycles. The van der Waals surface area contributed by atoms with Crippen molar-refractivity contribution in [1.29, 1.82) is 0 Å². The number of nitrogens with zero attached hydrogens (tertiary/aromatic N) is 5. The van der Waals surface area contributed by atoms with Crippen LogP contribution in [0.4, 0.5) is 5.95 Å². The molecule has 1 fully saturated rings. The molecule has 31 heavy (non-hydrogen) atoms. The second kappa shape index (κ2) is 8.58. The van der Waals surface area contributed by atoms with Crippen LogP contribution in [0, 0.1) is 0 Å². The molecule has 0 unspecified atom stereocenters. The zero-order valence-electron chi connectivity index (χ0n) is 18.2. The number of benzene rings is 1. The Hall–Kier alpha value is -3.07. The highest BCUT2D eigenvalue weighted by Gasteiger charge is 2.25. The summed E-state index contributed by atoms with van der Waals surface area (Å²) in [5.74, 6) is 1.31. The Bertz CT molecular complexity index is 1200. The van der Waals surface area contributed by atoms with Crippen molar-refractivity contribution >= 4 is 17.1 Å². The van der Waals surface area contributed by atoms with Gasteiger partial charge in [0, 0.05) is 27.2 Å². The summed E-state index contributed by atoms with van der Waals surface area (Å²) in [6, 6.07) is 7.78. The average Bonchev–Trinajstić information content (AvgIpc) is 3.43. The topological polar surface area (TPSA) is 94.5 Å². The number of ether oxygens (including phenoxy) is 1. The molecule has 1 N–H and O–H groups in total. The van der Waals surface area contributed by atoms with E-state index < -0.39 is 17.4 Å². The van der Waals surface area contributed by atoms with E-state index in [1.165, 1.54) is 11.6 Å². The average molecular weight is 428 g/mol. The van der Waals surface area contributed by atoms with Crippen LogP contribution in [0.5, 0.6) is 5.75 Å². The van der Waals surface area contributed by atoms with Gasteiger partial charge in [0.2, 0.25) is 5.95 Å². The van der Waals surface area contributed by atoms with Crippen molar-refractivity contribution in [2.45, 2.75) is 38.8 Å². The van der Waals surface area contributed by atoms with E-state index in [0.29, 0.717) is 22.9 Å². The van der Waals surface area contributed by atoms with Crippen LogP contribution < -0.4 is 20.9 Å². The molecule has 1 aromatic carbocycles. The summed E-state index contributed by atoms with van der Waals surface area (Å²) >= 11 is 0. The monoisotopic (exact) mass is 427 g/mol. The Kier molecular flexibility index (Phi) is 5.86. The summed E-state index contributed by atoms with van der Waals surface area (Å²) in [4.78, 5) is 32.0. The highest BCUT2D eigenvalue weighted by Crippen LogP contribution is 2.24. The van der Waals surface area contributed by atoms with E-state index in [2.05, 4.69) is 16.8 Å². The molecule has 2 aromatic heterocycles. The smallest absolute Gasteiger partial charge is 0.332 e. The number of aryl methyl sites for hydroxylation is 2. The van der Waals surface area contributed by atoms with Gasteiger partial charge in [0.15, 0.2) is 11.2 Å². The summed E-state index contributed by atoms with van der Waals surface area (Å²) in [6.07, 6.45) is 2.13. The van der Waals surface area contributed by atoms with Gasteiger partial charge in [-0.2, -0.15) is 4.98 Å². The van der Waals surface area contributed by atoms with E-state index in [0.717, 1.165) is 42.5 Å². The zero-order chi connectivity index (χ0) is 22.1.